The molecule has 0 aliphatic heterocycles. The molecule has 0 bridgehead atoms. The van der Waals surface area contributed by atoms with Crippen LogP contribution in [-0.4, -0.2) is 23.0 Å². The Morgan fingerprint density at radius 3 is 2.55 bits per heavy atom. The molecule has 4 nitrogen and oxygen atoms in total. The molecule has 106 valence electrons. The summed E-state index contributed by atoms with van der Waals surface area (Å²) in [5.41, 5.74) is 0.711. The Labute approximate surface area is 116 Å². The van der Waals surface area contributed by atoms with E-state index in [1.165, 1.54) is 18.2 Å². The van der Waals surface area contributed by atoms with Gasteiger partial charge in [-0.15, -0.1) is 0 Å². The number of hydrogen-bond acceptors (Lipinski definition) is 2. The van der Waals surface area contributed by atoms with E-state index in [-0.39, 0.29) is 30.1 Å². The number of amides is 1. The lowest BCUT2D eigenvalue weighted by atomic mass is 10.1. The number of nitrogens with one attached hydrogen (secondary N) is 1. The van der Waals surface area contributed by atoms with Crippen molar-refractivity contribution in [1.29, 1.82) is 0 Å². The van der Waals surface area contributed by atoms with Gasteiger partial charge in [-0.3, -0.25) is 9.59 Å². The number of halogens is 1. The molecule has 1 amide bonds. The Balaban J connectivity index is 1.90. The number of hydrogen-bond donors (Lipinski definition) is 2. The highest BCUT2D eigenvalue weighted by atomic mass is 19.1. The molecule has 20 heavy (non-hydrogen) atoms. The van der Waals surface area contributed by atoms with Crippen molar-refractivity contribution in [2.45, 2.75) is 25.3 Å². The maximum absolute atomic E-state index is 12.7. The average Bonchev–Trinajstić information content (AvgIpc) is 3.21. The van der Waals surface area contributed by atoms with Crippen molar-refractivity contribution in [2.75, 3.05) is 0 Å². The zero-order chi connectivity index (χ0) is 14.5. The number of aliphatic carboxylic acids is 1. The Morgan fingerprint density at radius 1 is 1.35 bits per heavy atom. The zero-order valence-corrected chi connectivity index (χ0v) is 10.9. The summed E-state index contributed by atoms with van der Waals surface area (Å²) in [4.78, 5) is 22.5. The highest BCUT2D eigenvalue weighted by Crippen LogP contribution is 2.34. The van der Waals surface area contributed by atoms with Gasteiger partial charge in [0.15, 0.2) is 0 Å². The van der Waals surface area contributed by atoms with Crippen molar-refractivity contribution in [3.8, 4) is 0 Å². The van der Waals surface area contributed by atoms with Crippen molar-refractivity contribution in [3.63, 3.8) is 0 Å². The van der Waals surface area contributed by atoms with E-state index in [1.807, 2.05) is 0 Å². The molecule has 1 aliphatic carbocycles. The normalized spacial score (nSPS) is 16.1. The topological polar surface area (TPSA) is 66.4 Å². The van der Waals surface area contributed by atoms with Crippen LogP contribution in [0.15, 0.2) is 30.3 Å². The molecular formula is C15H16FNO3. The molecule has 1 aliphatic rings. The number of carbonyl (C=O) groups excluding carboxylic acids is 1. The highest BCUT2D eigenvalue weighted by molar-refractivity contribution is 5.92. The minimum absolute atomic E-state index is 0.0548. The minimum Gasteiger partial charge on any atom is -0.481 e. The van der Waals surface area contributed by atoms with Gasteiger partial charge in [0.25, 0.3) is 0 Å². The van der Waals surface area contributed by atoms with Crippen LogP contribution >= 0.6 is 0 Å². The summed E-state index contributed by atoms with van der Waals surface area (Å²) in [6.07, 6.45) is 4.77. The number of carboxylic acid groups (broad SMARTS) is 1. The summed E-state index contributed by atoms with van der Waals surface area (Å²) >= 11 is 0. The minimum atomic E-state index is -0.912. The van der Waals surface area contributed by atoms with Crippen LogP contribution in [0.25, 0.3) is 6.08 Å². The number of carboxylic acids is 1. The zero-order valence-electron chi connectivity index (χ0n) is 10.9. The van der Waals surface area contributed by atoms with Crippen molar-refractivity contribution >= 4 is 18.0 Å². The Bertz CT molecular complexity index is 520. The van der Waals surface area contributed by atoms with E-state index in [4.69, 9.17) is 5.11 Å². The van der Waals surface area contributed by atoms with Crippen LogP contribution in [-0.2, 0) is 9.59 Å². The quantitative estimate of drug-likeness (QED) is 0.783. The molecule has 1 unspecified atom stereocenters. The van der Waals surface area contributed by atoms with Crippen molar-refractivity contribution < 1.29 is 19.1 Å². The third-order valence-electron chi connectivity index (χ3n) is 3.21. The van der Waals surface area contributed by atoms with Gasteiger partial charge in [-0.2, -0.15) is 0 Å². The summed E-state index contributed by atoms with van der Waals surface area (Å²) < 4.78 is 12.7. The van der Waals surface area contributed by atoms with Crippen LogP contribution in [0, 0.1) is 11.7 Å². The molecule has 0 aromatic heterocycles. The second-order valence-electron chi connectivity index (χ2n) is 4.94. The van der Waals surface area contributed by atoms with Gasteiger partial charge in [0.1, 0.15) is 5.82 Å². The average molecular weight is 277 g/mol. The van der Waals surface area contributed by atoms with Gasteiger partial charge in [-0.25, -0.2) is 4.39 Å². The molecule has 2 N–H and O–H groups in total. The Hall–Kier alpha value is -2.17. The SMILES string of the molecule is O=C(O)CC(NC(=O)/C=C/c1ccc(F)cc1)C1CC1. The smallest absolute Gasteiger partial charge is 0.305 e. The van der Waals surface area contributed by atoms with E-state index in [0.717, 1.165) is 12.8 Å². The lowest BCUT2D eigenvalue weighted by Gasteiger charge is -2.14. The molecule has 0 spiro atoms. The van der Waals surface area contributed by atoms with E-state index in [0.29, 0.717) is 5.56 Å². The Kier molecular flexibility index (Phi) is 4.50. The van der Waals surface area contributed by atoms with E-state index < -0.39 is 5.97 Å². The van der Waals surface area contributed by atoms with Crippen LogP contribution < -0.4 is 5.32 Å². The highest BCUT2D eigenvalue weighted by Gasteiger charge is 2.33. The first-order valence-electron chi connectivity index (χ1n) is 6.50. The van der Waals surface area contributed by atoms with Gasteiger partial charge in [0, 0.05) is 12.1 Å². The molecule has 0 saturated heterocycles. The fraction of sp³-hybridized carbons (Fsp3) is 0.333. The van der Waals surface area contributed by atoms with Gasteiger partial charge < -0.3 is 10.4 Å². The third-order valence-corrected chi connectivity index (χ3v) is 3.21. The summed E-state index contributed by atoms with van der Waals surface area (Å²) in [7, 11) is 0. The maximum atomic E-state index is 12.7. The van der Waals surface area contributed by atoms with Crippen LogP contribution in [0.5, 0.6) is 0 Å². The van der Waals surface area contributed by atoms with Gasteiger partial charge in [-0.05, 0) is 42.5 Å². The Morgan fingerprint density at radius 2 is 2.00 bits per heavy atom. The molecule has 1 fully saturated rings. The van der Waals surface area contributed by atoms with Gasteiger partial charge in [-0.1, -0.05) is 12.1 Å². The molecule has 1 aromatic carbocycles. The monoisotopic (exact) mass is 277 g/mol. The van der Waals surface area contributed by atoms with Gasteiger partial charge in [0.05, 0.1) is 6.42 Å². The van der Waals surface area contributed by atoms with E-state index in [9.17, 15) is 14.0 Å². The van der Waals surface area contributed by atoms with E-state index >= 15 is 0 Å². The number of benzene rings is 1. The first-order valence-corrected chi connectivity index (χ1v) is 6.50. The van der Waals surface area contributed by atoms with Crippen LogP contribution in [0.3, 0.4) is 0 Å². The fourth-order valence-electron chi connectivity index (χ4n) is 2.00. The molecule has 2 rings (SSSR count). The molecule has 5 heteroatoms. The van der Waals surface area contributed by atoms with E-state index in [2.05, 4.69) is 5.32 Å². The van der Waals surface area contributed by atoms with Crippen LogP contribution in [0.1, 0.15) is 24.8 Å². The number of rotatable bonds is 6. The van der Waals surface area contributed by atoms with Crippen LogP contribution in [0.2, 0.25) is 0 Å². The molecule has 0 heterocycles. The number of carbonyl (C=O) groups is 2. The lowest BCUT2D eigenvalue weighted by molar-refractivity contribution is -0.137. The molecule has 1 aromatic rings. The van der Waals surface area contributed by atoms with Crippen molar-refractivity contribution in [1.82, 2.24) is 5.32 Å². The summed E-state index contributed by atoms with van der Waals surface area (Å²) in [6.45, 7) is 0. The summed E-state index contributed by atoms with van der Waals surface area (Å²) in [5.74, 6) is -1.30. The largest absolute Gasteiger partial charge is 0.481 e. The molecule has 1 atom stereocenters. The summed E-state index contributed by atoms with van der Waals surface area (Å²) in [6, 6.07) is 5.45. The second-order valence-corrected chi connectivity index (χ2v) is 4.94. The van der Waals surface area contributed by atoms with Crippen molar-refractivity contribution in [2.24, 2.45) is 5.92 Å². The lowest BCUT2D eigenvalue weighted by Crippen LogP contribution is -2.37. The molecular weight excluding hydrogens is 261 g/mol. The maximum Gasteiger partial charge on any atom is 0.305 e. The standard InChI is InChI=1S/C15H16FNO3/c16-12-6-1-10(2-7-12)3-8-14(18)17-13(9-15(19)20)11-4-5-11/h1-3,6-8,11,13H,4-5,9H2,(H,17,18)(H,19,20)/b8-3+. The first kappa shape index (κ1) is 14.2. The second kappa shape index (κ2) is 6.32. The van der Waals surface area contributed by atoms with Gasteiger partial charge in [0.2, 0.25) is 5.91 Å². The summed E-state index contributed by atoms with van der Waals surface area (Å²) in [5, 5.41) is 11.5. The predicted octanol–water partition coefficient (Wildman–Crippen LogP) is 2.21. The fourth-order valence-corrected chi connectivity index (χ4v) is 2.00. The van der Waals surface area contributed by atoms with Crippen LogP contribution in [0.4, 0.5) is 4.39 Å². The molecule has 0 radical (unpaired) electrons. The van der Waals surface area contributed by atoms with Crippen molar-refractivity contribution in [3.05, 3.63) is 41.7 Å². The molecule has 1 saturated carbocycles. The van der Waals surface area contributed by atoms with E-state index in [1.54, 1.807) is 18.2 Å². The van der Waals surface area contributed by atoms with Gasteiger partial charge >= 0.3 is 5.97 Å². The first-order chi connectivity index (χ1) is 9.54. The predicted molar refractivity (Wildman–Crippen MR) is 72.3 cm³/mol. The third kappa shape index (κ3) is 4.50.